The van der Waals surface area contributed by atoms with E-state index in [9.17, 15) is 17.6 Å². The zero-order chi connectivity index (χ0) is 19.4. The van der Waals surface area contributed by atoms with Gasteiger partial charge in [-0.1, -0.05) is 18.2 Å². The summed E-state index contributed by atoms with van der Waals surface area (Å²) in [4.78, 5) is 15.1. The van der Waals surface area contributed by atoms with E-state index in [0.717, 1.165) is 0 Å². The molecule has 1 unspecified atom stereocenters. The number of amides is 1. The van der Waals surface area contributed by atoms with Crippen molar-refractivity contribution < 1.29 is 22.3 Å². The summed E-state index contributed by atoms with van der Waals surface area (Å²) in [5.41, 5.74) is 5.42. The largest absolute Gasteiger partial charge is 0.489 e. The van der Waals surface area contributed by atoms with Crippen LogP contribution in [0.1, 0.15) is 28.9 Å². The second-order valence-corrected chi connectivity index (χ2v) is 8.30. The number of rotatable bonds is 6. The molecule has 0 saturated carbocycles. The number of nitrogens with two attached hydrogens (primary N) is 1. The molecule has 0 aliphatic carbocycles. The first kappa shape index (κ1) is 19.2. The number of hydrogen-bond acceptors (Lipinski definition) is 5. The maximum absolute atomic E-state index is 13.8. The Morgan fingerprint density at radius 1 is 1.33 bits per heavy atom. The first-order valence-electron chi connectivity index (χ1n) is 8.49. The van der Waals surface area contributed by atoms with Crippen LogP contribution in [0.25, 0.3) is 0 Å². The van der Waals surface area contributed by atoms with Gasteiger partial charge in [0.1, 0.15) is 23.4 Å². The van der Waals surface area contributed by atoms with Gasteiger partial charge in [0.05, 0.1) is 12.3 Å². The molecule has 2 N–H and O–H groups in total. The van der Waals surface area contributed by atoms with Crippen LogP contribution in [-0.2, 0) is 15.8 Å². The third-order valence-electron chi connectivity index (χ3n) is 4.32. The number of pyridine rings is 1. The van der Waals surface area contributed by atoms with E-state index in [2.05, 4.69) is 4.98 Å². The van der Waals surface area contributed by atoms with Gasteiger partial charge < -0.3 is 10.5 Å². The molecule has 1 atom stereocenters. The van der Waals surface area contributed by atoms with Crippen molar-refractivity contribution in [3.8, 4) is 5.75 Å². The fraction of sp³-hybridized carbons (Fsp3) is 0.333. The molecule has 1 amide bonds. The van der Waals surface area contributed by atoms with E-state index >= 15 is 0 Å². The number of aromatic nitrogens is 1. The first-order valence-corrected chi connectivity index (χ1v) is 10.1. The number of piperidine rings is 1. The van der Waals surface area contributed by atoms with Crippen LogP contribution in [0.3, 0.4) is 0 Å². The van der Waals surface area contributed by atoms with E-state index in [1.807, 2.05) is 0 Å². The summed E-state index contributed by atoms with van der Waals surface area (Å²) in [5.74, 6) is -1.20. The van der Waals surface area contributed by atoms with Gasteiger partial charge in [-0.2, -0.15) is 4.31 Å². The lowest BCUT2D eigenvalue weighted by Gasteiger charge is -2.32. The number of carbonyl (C=O) groups excluding carboxylic acids is 1. The highest BCUT2D eigenvalue weighted by atomic mass is 32.2. The lowest BCUT2D eigenvalue weighted by Crippen LogP contribution is -2.44. The Bertz CT molecular complexity index is 936. The Balaban J connectivity index is 1.69. The number of halogens is 1. The van der Waals surface area contributed by atoms with Gasteiger partial charge in [-0.3, -0.25) is 9.78 Å². The minimum absolute atomic E-state index is 0.0762. The van der Waals surface area contributed by atoms with Crippen molar-refractivity contribution in [1.29, 1.82) is 0 Å². The molecule has 1 fully saturated rings. The summed E-state index contributed by atoms with van der Waals surface area (Å²) >= 11 is 0. The molecule has 1 aliphatic rings. The van der Waals surface area contributed by atoms with Gasteiger partial charge in [0.2, 0.25) is 10.0 Å². The van der Waals surface area contributed by atoms with Crippen molar-refractivity contribution >= 4 is 15.9 Å². The number of carbonyl (C=O) groups is 1. The van der Waals surface area contributed by atoms with Gasteiger partial charge in [0.15, 0.2) is 0 Å². The predicted molar refractivity (Wildman–Crippen MR) is 97.0 cm³/mol. The van der Waals surface area contributed by atoms with Gasteiger partial charge >= 0.3 is 0 Å². The molecule has 0 radical (unpaired) electrons. The molecule has 0 spiro atoms. The predicted octanol–water partition coefficient (Wildman–Crippen LogP) is 1.69. The SMILES string of the molecule is NC(=O)c1cc(OC2CCCN(S(=O)(=O)Cc3ccccc3F)C2)ccn1. The molecule has 1 aromatic heterocycles. The van der Waals surface area contributed by atoms with Crippen molar-refractivity contribution in [3.63, 3.8) is 0 Å². The number of sulfonamides is 1. The smallest absolute Gasteiger partial charge is 0.267 e. The first-order chi connectivity index (χ1) is 12.8. The van der Waals surface area contributed by atoms with E-state index in [-0.39, 0.29) is 23.9 Å². The summed E-state index contributed by atoms with van der Waals surface area (Å²) in [6.45, 7) is 0.518. The van der Waals surface area contributed by atoms with Gasteiger partial charge in [-0.15, -0.1) is 0 Å². The van der Waals surface area contributed by atoms with Crippen LogP contribution in [0.15, 0.2) is 42.6 Å². The fourth-order valence-corrected chi connectivity index (χ4v) is 4.58. The molecule has 1 saturated heterocycles. The summed E-state index contributed by atoms with van der Waals surface area (Å²) in [6.07, 6.45) is 2.32. The van der Waals surface area contributed by atoms with Crippen LogP contribution in [0.4, 0.5) is 4.39 Å². The van der Waals surface area contributed by atoms with Crippen LogP contribution in [0.2, 0.25) is 0 Å². The van der Waals surface area contributed by atoms with Gasteiger partial charge in [0, 0.05) is 24.4 Å². The third kappa shape index (κ3) is 4.81. The summed E-state index contributed by atoms with van der Waals surface area (Å²) in [5, 5.41) is 0. The average molecular weight is 393 g/mol. The minimum Gasteiger partial charge on any atom is -0.489 e. The van der Waals surface area contributed by atoms with Crippen LogP contribution in [-0.4, -0.2) is 42.8 Å². The Morgan fingerprint density at radius 2 is 2.11 bits per heavy atom. The van der Waals surface area contributed by atoms with Crippen LogP contribution in [0.5, 0.6) is 5.75 Å². The van der Waals surface area contributed by atoms with Crippen LogP contribution in [0, 0.1) is 5.82 Å². The maximum atomic E-state index is 13.8. The second kappa shape index (κ2) is 8.01. The monoisotopic (exact) mass is 393 g/mol. The Labute approximate surface area is 157 Å². The summed E-state index contributed by atoms with van der Waals surface area (Å²) in [7, 11) is -3.68. The standard InChI is InChI=1S/C18H20FN3O4S/c19-16-6-2-1-4-13(16)12-27(24,25)22-9-3-5-15(11-22)26-14-7-8-21-17(10-14)18(20)23/h1-2,4,6-8,10,15H,3,5,9,11-12H2,(H2,20,23). The van der Waals surface area contributed by atoms with E-state index in [1.54, 1.807) is 12.1 Å². The van der Waals surface area contributed by atoms with Crippen LogP contribution >= 0.6 is 0 Å². The van der Waals surface area contributed by atoms with E-state index < -0.39 is 27.5 Å². The highest BCUT2D eigenvalue weighted by molar-refractivity contribution is 7.88. The number of nitrogens with zero attached hydrogens (tertiary/aromatic N) is 2. The minimum atomic E-state index is -3.68. The summed E-state index contributed by atoms with van der Waals surface area (Å²) in [6, 6.07) is 8.84. The third-order valence-corrected chi connectivity index (χ3v) is 6.11. The van der Waals surface area contributed by atoms with Gasteiger partial charge in [-0.05, 0) is 25.0 Å². The fourth-order valence-electron chi connectivity index (χ4n) is 2.97. The highest BCUT2D eigenvalue weighted by Crippen LogP contribution is 2.22. The van der Waals surface area contributed by atoms with Crippen molar-refractivity contribution in [2.45, 2.75) is 24.7 Å². The van der Waals surface area contributed by atoms with Crippen molar-refractivity contribution in [3.05, 3.63) is 59.7 Å². The van der Waals surface area contributed by atoms with E-state index in [4.69, 9.17) is 10.5 Å². The Kier molecular flexibility index (Phi) is 5.71. The Morgan fingerprint density at radius 3 is 2.85 bits per heavy atom. The molecule has 3 rings (SSSR count). The average Bonchev–Trinajstić information content (AvgIpc) is 2.64. The highest BCUT2D eigenvalue weighted by Gasteiger charge is 2.30. The second-order valence-electron chi connectivity index (χ2n) is 6.33. The van der Waals surface area contributed by atoms with Gasteiger partial charge in [0.25, 0.3) is 5.91 Å². The molecule has 2 aromatic rings. The molecule has 27 heavy (non-hydrogen) atoms. The lowest BCUT2D eigenvalue weighted by atomic mass is 10.1. The number of ether oxygens (including phenoxy) is 1. The molecule has 0 bridgehead atoms. The topological polar surface area (TPSA) is 103 Å². The van der Waals surface area contributed by atoms with Crippen molar-refractivity contribution in [1.82, 2.24) is 9.29 Å². The zero-order valence-electron chi connectivity index (χ0n) is 14.5. The molecular weight excluding hydrogens is 373 g/mol. The van der Waals surface area contributed by atoms with Gasteiger partial charge in [-0.25, -0.2) is 12.8 Å². The normalized spacial score (nSPS) is 18.2. The number of primary amides is 1. The number of benzene rings is 1. The zero-order valence-corrected chi connectivity index (χ0v) is 15.4. The molecule has 1 aromatic carbocycles. The van der Waals surface area contributed by atoms with E-state index in [0.29, 0.717) is 25.1 Å². The summed E-state index contributed by atoms with van der Waals surface area (Å²) < 4.78 is 46.3. The molecule has 7 nitrogen and oxygen atoms in total. The van der Waals surface area contributed by atoms with Crippen molar-refractivity contribution in [2.75, 3.05) is 13.1 Å². The Hall–Kier alpha value is -2.52. The van der Waals surface area contributed by atoms with E-state index in [1.165, 1.54) is 34.8 Å². The lowest BCUT2D eigenvalue weighted by molar-refractivity contribution is 0.0993. The molecule has 144 valence electrons. The maximum Gasteiger partial charge on any atom is 0.267 e. The van der Waals surface area contributed by atoms with Crippen molar-refractivity contribution in [2.24, 2.45) is 5.73 Å². The number of hydrogen-bond donors (Lipinski definition) is 1. The molecule has 1 aliphatic heterocycles. The van der Waals surface area contributed by atoms with Crippen LogP contribution < -0.4 is 10.5 Å². The molecule has 2 heterocycles. The molecule has 9 heteroatoms. The quantitative estimate of drug-likeness (QED) is 0.805. The molecular formula is C18H20FN3O4S.